The van der Waals surface area contributed by atoms with E-state index in [1.54, 1.807) is 0 Å². The third-order valence-corrected chi connectivity index (χ3v) is 2.88. The first kappa shape index (κ1) is 9.01. The van der Waals surface area contributed by atoms with Gasteiger partial charge in [-0.15, -0.1) is 0 Å². The van der Waals surface area contributed by atoms with E-state index >= 15 is 0 Å². The Morgan fingerprint density at radius 2 is 1.73 bits per heavy atom. The van der Waals surface area contributed by atoms with Gasteiger partial charge in [0.25, 0.3) is 0 Å². The molecule has 0 aliphatic heterocycles. The molecule has 0 bridgehead atoms. The summed E-state index contributed by atoms with van der Waals surface area (Å²) < 4.78 is 0. The van der Waals surface area contributed by atoms with Crippen LogP contribution in [-0.4, -0.2) is 6.61 Å². The van der Waals surface area contributed by atoms with Gasteiger partial charge in [0.15, 0.2) is 0 Å². The maximum Gasteiger partial charge on any atom is 0.0707 e. The minimum atomic E-state index is 0.739. The van der Waals surface area contributed by atoms with Crippen molar-refractivity contribution >= 4 is 0 Å². The second-order valence-electron chi connectivity index (χ2n) is 3.63. The molecule has 0 radical (unpaired) electrons. The summed E-state index contributed by atoms with van der Waals surface area (Å²) in [5, 5.41) is 0. The summed E-state index contributed by atoms with van der Waals surface area (Å²) in [4.78, 5) is 4.65. The predicted octanol–water partition coefficient (Wildman–Crippen LogP) is 2.09. The van der Waals surface area contributed by atoms with E-state index in [0.717, 1.165) is 18.4 Å². The van der Waals surface area contributed by atoms with Crippen LogP contribution >= 0.6 is 0 Å². The monoisotopic (exact) mass is 157 g/mol. The Labute approximate surface area is 69.1 Å². The topological polar surface area (TPSA) is 35.2 Å². The van der Waals surface area contributed by atoms with Crippen LogP contribution in [0.3, 0.4) is 0 Å². The number of hydrogen-bond acceptors (Lipinski definition) is 2. The fraction of sp³-hybridized carbons (Fsp3) is 1.00. The quantitative estimate of drug-likeness (QED) is 0.637. The van der Waals surface area contributed by atoms with E-state index in [4.69, 9.17) is 5.90 Å². The number of rotatable bonds is 3. The highest BCUT2D eigenvalue weighted by Crippen LogP contribution is 2.30. The van der Waals surface area contributed by atoms with E-state index in [2.05, 4.69) is 11.8 Å². The normalized spacial score (nSPS) is 32.2. The van der Waals surface area contributed by atoms with Crippen LogP contribution in [0, 0.1) is 11.8 Å². The zero-order valence-electron chi connectivity index (χ0n) is 7.38. The van der Waals surface area contributed by atoms with Gasteiger partial charge in [0, 0.05) is 0 Å². The summed E-state index contributed by atoms with van der Waals surface area (Å²) in [5.41, 5.74) is 0. The van der Waals surface area contributed by atoms with Crippen molar-refractivity contribution in [2.45, 2.75) is 39.0 Å². The molecule has 0 spiro atoms. The summed E-state index contributed by atoms with van der Waals surface area (Å²) in [6, 6.07) is 0. The molecule has 0 unspecified atom stereocenters. The van der Waals surface area contributed by atoms with Gasteiger partial charge < -0.3 is 4.84 Å². The average Bonchev–Trinajstić information content (AvgIpc) is 2.07. The molecule has 66 valence electrons. The lowest BCUT2D eigenvalue weighted by Crippen LogP contribution is -2.19. The second-order valence-corrected chi connectivity index (χ2v) is 3.63. The van der Waals surface area contributed by atoms with Gasteiger partial charge in [-0.2, -0.15) is 0 Å². The molecule has 11 heavy (non-hydrogen) atoms. The van der Waals surface area contributed by atoms with Gasteiger partial charge in [-0.1, -0.05) is 26.2 Å². The Bertz CT molecular complexity index is 97.7. The number of hydrogen-bond donors (Lipinski definition) is 1. The Hall–Kier alpha value is -0.0800. The molecule has 0 heterocycles. The summed E-state index contributed by atoms with van der Waals surface area (Å²) >= 11 is 0. The largest absolute Gasteiger partial charge is 0.304 e. The molecular formula is C9H19NO. The molecule has 0 atom stereocenters. The molecule has 1 fully saturated rings. The van der Waals surface area contributed by atoms with Crippen molar-refractivity contribution in [2.24, 2.45) is 17.7 Å². The Morgan fingerprint density at radius 1 is 1.18 bits per heavy atom. The van der Waals surface area contributed by atoms with Gasteiger partial charge in [-0.05, 0) is 24.7 Å². The minimum Gasteiger partial charge on any atom is -0.304 e. The standard InChI is InChI=1S/C9H19NO/c1-2-8-3-5-9(6-4-8)7-11-10/h8-9H,2-7,10H2,1H3. The van der Waals surface area contributed by atoms with Crippen LogP contribution < -0.4 is 5.90 Å². The summed E-state index contributed by atoms with van der Waals surface area (Å²) in [7, 11) is 0. The zero-order valence-corrected chi connectivity index (χ0v) is 7.38. The Morgan fingerprint density at radius 3 is 2.18 bits per heavy atom. The molecular weight excluding hydrogens is 138 g/mol. The molecule has 0 aromatic heterocycles. The van der Waals surface area contributed by atoms with Crippen molar-refractivity contribution in [3.63, 3.8) is 0 Å². The van der Waals surface area contributed by atoms with Crippen LogP contribution in [0.1, 0.15) is 39.0 Å². The van der Waals surface area contributed by atoms with Crippen LogP contribution in [0.5, 0.6) is 0 Å². The predicted molar refractivity (Wildman–Crippen MR) is 45.9 cm³/mol. The fourth-order valence-electron chi connectivity index (χ4n) is 1.94. The van der Waals surface area contributed by atoms with Crippen molar-refractivity contribution < 1.29 is 4.84 Å². The van der Waals surface area contributed by atoms with Crippen molar-refractivity contribution in [3.8, 4) is 0 Å². The third kappa shape index (κ3) is 2.80. The first-order valence-corrected chi connectivity index (χ1v) is 4.68. The molecule has 1 aliphatic rings. The van der Waals surface area contributed by atoms with Crippen molar-refractivity contribution in [1.82, 2.24) is 0 Å². The molecule has 1 rings (SSSR count). The van der Waals surface area contributed by atoms with Crippen molar-refractivity contribution in [3.05, 3.63) is 0 Å². The highest BCUT2D eigenvalue weighted by atomic mass is 16.6. The molecule has 0 amide bonds. The maximum absolute atomic E-state index is 5.03. The Kier molecular flexibility index (Phi) is 3.87. The minimum absolute atomic E-state index is 0.739. The Balaban J connectivity index is 2.14. The lowest BCUT2D eigenvalue weighted by atomic mass is 9.81. The fourth-order valence-corrected chi connectivity index (χ4v) is 1.94. The van der Waals surface area contributed by atoms with Gasteiger partial charge in [-0.3, -0.25) is 0 Å². The second kappa shape index (κ2) is 4.73. The van der Waals surface area contributed by atoms with Crippen LogP contribution in [0.25, 0.3) is 0 Å². The van der Waals surface area contributed by atoms with Gasteiger partial charge in [0.05, 0.1) is 6.61 Å². The SMILES string of the molecule is CCC1CCC(CON)CC1. The highest BCUT2D eigenvalue weighted by Gasteiger charge is 2.19. The van der Waals surface area contributed by atoms with Crippen molar-refractivity contribution in [2.75, 3.05) is 6.61 Å². The van der Waals surface area contributed by atoms with E-state index in [1.807, 2.05) is 0 Å². The lowest BCUT2D eigenvalue weighted by Gasteiger charge is -2.26. The van der Waals surface area contributed by atoms with Gasteiger partial charge >= 0.3 is 0 Å². The van der Waals surface area contributed by atoms with E-state index < -0.39 is 0 Å². The molecule has 2 nitrogen and oxygen atoms in total. The molecule has 0 aromatic rings. The molecule has 2 N–H and O–H groups in total. The molecule has 0 saturated heterocycles. The molecule has 1 aliphatic carbocycles. The summed E-state index contributed by atoms with van der Waals surface area (Å²) in [6.45, 7) is 3.04. The smallest absolute Gasteiger partial charge is 0.0707 e. The maximum atomic E-state index is 5.03. The van der Waals surface area contributed by atoms with Gasteiger partial charge in [-0.25, -0.2) is 5.90 Å². The molecule has 0 aromatic carbocycles. The summed E-state index contributed by atoms with van der Waals surface area (Å²) in [6.07, 6.45) is 6.73. The summed E-state index contributed by atoms with van der Waals surface area (Å²) in [5.74, 6) is 6.74. The zero-order chi connectivity index (χ0) is 8.10. The first-order valence-electron chi connectivity index (χ1n) is 4.68. The number of nitrogens with two attached hydrogens (primary N) is 1. The van der Waals surface area contributed by atoms with Gasteiger partial charge in [0.2, 0.25) is 0 Å². The van der Waals surface area contributed by atoms with Crippen molar-refractivity contribution in [1.29, 1.82) is 0 Å². The van der Waals surface area contributed by atoms with E-state index in [-0.39, 0.29) is 0 Å². The van der Waals surface area contributed by atoms with Crippen LogP contribution in [0.4, 0.5) is 0 Å². The highest BCUT2D eigenvalue weighted by molar-refractivity contribution is 4.70. The van der Waals surface area contributed by atoms with Gasteiger partial charge in [0.1, 0.15) is 0 Å². The van der Waals surface area contributed by atoms with E-state index in [9.17, 15) is 0 Å². The molecule has 2 heteroatoms. The molecule has 1 saturated carbocycles. The van der Waals surface area contributed by atoms with Crippen LogP contribution in [-0.2, 0) is 4.84 Å². The van der Waals surface area contributed by atoms with E-state index in [1.165, 1.54) is 32.1 Å². The first-order chi connectivity index (χ1) is 5.36. The van der Waals surface area contributed by atoms with E-state index in [0.29, 0.717) is 0 Å². The lowest BCUT2D eigenvalue weighted by molar-refractivity contribution is 0.0783. The van der Waals surface area contributed by atoms with Crippen LogP contribution in [0.15, 0.2) is 0 Å². The average molecular weight is 157 g/mol. The van der Waals surface area contributed by atoms with Crippen LogP contribution in [0.2, 0.25) is 0 Å². The third-order valence-electron chi connectivity index (χ3n) is 2.88.